The fourth-order valence-electron chi connectivity index (χ4n) is 4.32. The molecule has 2 aliphatic heterocycles. The Balaban J connectivity index is 1.36. The summed E-state index contributed by atoms with van der Waals surface area (Å²) in [5.74, 6) is 0.283. The summed E-state index contributed by atoms with van der Waals surface area (Å²) >= 11 is 0. The quantitative estimate of drug-likeness (QED) is 0.700. The highest BCUT2D eigenvalue weighted by molar-refractivity contribution is 5.80. The van der Waals surface area contributed by atoms with Crippen molar-refractivity contribution in [1.29, 1.82) is 0 Å². The lowest BCUT2D eigenvalue weighted by molar-refractivity contribution is -0.143. The van der Waals surface area contributed by atoms with Crippen molar-refractivity contribution >= 4 is 17.9 Å². The molecule has 0 bridgehead atoms. The summed E-state index contributed by atoms with van der Waals surface area (Å²) in [6.07, 6.45) is 3.33. The fourth-order valence-corrected chi connectivity index (χ4v) is 4.32. The number of aryl methyl sites for hydroxylation is 1. The highest BCUT2D eigenvalue weighted by Crippen LogP contribution is 2.22. The molecule has 1 aromatic carbocycles. The highest BCUT2D eigenvalue weighted by atomic mass is 16.6. The van der Waals surface area contributed by atoms with Crippen molar-refractivity contribution in [2.75, 3.05) is 39.3 Å². The van der Waals surface area contributed by atoms with Gasteiger partial charge in [-0.3, -0.25) is 9.59 Å². The first-order valence-electron chi connectivity index (χ1n) is 11.8. The minimum absolute atomic E-state index is 0.0539. The van der Waals surface area contributed by atoms with Gasteiger partial charge in [0.2, 0.25) is 11.8 Å². The average Bonchev–Trinajstić information content (AvgIpc) is 2.78. The lowest BCUT2D eigenvalue weighted by Crippen LogP contribution is -2.53. The number of piperazine rings is 1. The third-order valence-electron chi connectivity index (χ3n) is 6.14. The molecule has 3 rings (SSSR count). The van der Waals surface area contributed by atoms with Crippen LogP contribution in [0.4, 0.5) is 4.79 Å². The smallest absolute Gasteiger partial charge is 0.410 e. The summed E-state index contributed by atoms with van der Waals surface area (Å²) in [7, 11) is 0. The molecule has 3 amide bonds. The lowest BCUT2D eigenvalue weighted by Gasteiger charge is -2.38. The standard InChI is InChI=1S/C25H37N3O4/c1-25(2,3)32-24(31)28-14-12-21(13-15-28)23(30)27-18-16-26(17-19-27)22(29)11-7-10-20-8-5-4-6-9-20/h4-6,8-9,21H,7,10-19H2,1-3H3. The van der Waals surface area contributed by atoms with Crippen LogP contribution in [0.1, 0.15) is 52.0 Å². The molecule has 2 heterocycles. The van der Waals surface area contributed by atoms with Gasteiger partial charge in [-0.05, 0) is 52.0 Å². The molecule has 0 spiro atoms. The summed E-state index contributed by atoms with van der Waals surface area (Å²) < 4.78 is 5.43. The number of ether oxygens (including phenoxy) is 1. The predicted octanol–water partition coefficient (Wildman–Crippen LogP) is 3.33. The molecule has 32 heavy (non-hydrogen) atoms. The van der Waals surface area contributed by atoms with Gasteiger partial charge in [-0.15, -0.1) is 0 Å². The Morgan fingerprint density at radius 2 is 1.47 bits per heavy atom. The van der Waals surface area contributed by atoms with Crippen molar-refractivity contribution in [3.63, 3.8) is 0 Å². The Kier molecular flexibility index (Phi) is 8.15. The number of hydrogen-bond acceptors (Lipinski definition) is 4. The minimum Gasteiger partial charge on any atom is -0.444 e. The maximum absolute atomic E-state index is 13.0. The molecule has 1 aromatic rings. The van der Waals surface area contributed by atoms with E-state index >= 15 is 0 Å². The van der Waals surface area contributed by atoms with Crippen molar-refractivity contribution in [2.45, 2.75) is 58.5 Å². The molecule has 7 heteroatoms. The Morgan fingerprint density at radius 3 is 2.06 bits per heavy atom. The molecule has 0 unspecified atom stereocenters. The molecule has 2 fully saturated rings. The lowest BCUT2D eigenvalue weighted by atomic mass is 9.95. The maximum Gasteiger partial charge on any atom is 0.410 e. The van der Waals surface area contributed by atoms with E-state index in [1.54, 1.807) is 4.90 Å². The van der Waals surface area contributed by atoms with Gasteiger partial charge in [0.25, 0.3) is 0 Å². The molecule has 0 radical (unpaired) electrons. The number of rotatable bonds is 5. The molecule has 0 atom stereocenters. The van der Waals surface area contributed by atoms with Gasteiger partial charge in [0.05, 0.1) is 0 Å². The van der Waals surface area contributed by atoms with Crippen LogP contribution in [0.3, 0.4) is 0 Å². The molecule has 2 aliphatic rings. The van der Waals surface area contributed by atoms with E-state index < -0.39 is 5.60 Å². The highest BCUT2D eigenvalue weighted by Gasteiger charge is 2.33. The van der Waals surface area contributed by atoms with E-state index in [0.29, 0.717) is 58.5 Å². The van der Waals surface area contributed by atoms with E-state index in [2.05, 4.69) is 12.1 Å². The molecule has 0 aliphatic carbocycles. The van der Waals surface area contributed by atoms with E-state index in [-0.39, 0.29) is 23.8 Å². The summed E-state index contributed by atoms with van der Waals surface area (Å²) in [5, 5.41) is 0. The van der Waals surface area contributed by atoms with Crippen molar-refractivity contribution in [1.82, 2.24) is 14.7 Å². The fraction of sp³-hybridized carbons (Fsp3) is 0.640. The van der Waals surface area contributed by atoms with Gasteiger partial charge in [0.15, 0.2) is 0 Å². The molecular formula is C25H37N3O4. The van der Waals surface area contributed by atoms with Gasteiger partial charge >= 0.3 is 6.09 Å². The molecule has 0 saturated carbocycles. The van der Waals surface area contributed by atoms with Crippen LogP contribution in [0.2, 0.25) is 0 Å². The van der Waals surface area contributed by atoms with Gasteiger partial charge < -0.3 is 19.4 Å². The second kappa shape index (κ2) is 10.8. The molecule has 176 valence electrons. The number of benzene rings is 1. The number of carbonyl (C=O) groups excluding carboxylic acids is 3. The van der Waals surface area contributed by atoms with Crippen LogP contribution in [0.15, 0.2) is 30.3 Å². The molecule has 0 N–H and O–H groups in total. The van der Waals surface area contributed by atoms with Gasteiger partial charge in [-0.1, -0.05) is 30.3 Å². The third-order valence-corrected chi connectivity index (χ3v) is 6.14. The second-order valence-corrected chi connectivity index (χ2v) is 9.79. The normalized spacial score (nSPS) is 17.9. The Hall–Kier alpha value is -2.57. The van der Waals surface area contributed by atoms with Crippen LogP contribution in [0.5, 0.6) is 0 Å². The monoisotopic (exact) mass is 443 g/mol. The van der Waals surface area contributed by atoms with Crippen LogP contribution in [0, 0.1) is 5.92 Å². The first-order chi connectivity index (χ1) is 15.2. The topological polar surface area (TPSA) is 70.2 Å². The maximum atomic E-state index is 13.0. The number of nitrogens with zero attached hydrogens (tertiary/aromatic N) is 3. The predicted molar refractivity (Wildman–Crippen MR) is 123 cm³/mol. The van der Waals surface area contributed by atoms with E-state index in [9.17, 15) is 14.4 Å². The van der Waals surface area contributed by atoms with Crippen LogP contribution in [-0.2, 0) is 20.7 Å². The van der Waals surface area contributed by atoms with E-state index in [4.69, 9.17) is 4.74 Å². The summed E-state index contributed by atoms with van der Waals surface area (Å²) in [4.78, 5) is 43.2. The SMILES string of the molecule is CC(C)(C)OC(=O)N1CCC(C(=O)N2CCN(C(=O)CCCc3ccccc3)CC2)CC1. The van der Waals surface area contributed by atoms with Crippen LogP contribution < -0.4 is 0 Å². The molecule has 0 aromatic heterocycles. The summed E-state index contributed by atoms with van der Waals surface area (Å²) in [6, 6.07) is 10.2. The van der Waals surface area contributed by atoms with Crippen molar-refractivity contribution < 1.29 is 19.1 Å². The third kappa shape index (κ3) is 6.97. The van der Waals surface area contributed by atoms with Gasteiger partial charge in [-0.25, -0.2) is 4.79 Å². The van der Waals surface area contributed by atoms with Crippen LogP contribution >= 0.6 is 0 Å². The second-order valence-electron chi connectivity index (χ2n) is 9.79. The largest absolute Gasteiger partial charge is 0.444 e. The van der Waals surface area contributed by atoms with Crippen molar-refractivity contribution in [3.05, 3.63) is 35.9 Å². The zero-order valence-electron chi connectivity index (χ0n) is 19.7. The average molecular weight is 444 g/mol. The van der Waals surface area contributed by atoms with E-state index in [1.165, 1.54) is 5.56 Å². The van der Waals surface area contributed by atoms with Crippen LogP contribution in [-0.4, -0.2) is 77.5 Å². The molecule has 7 nitrogen and oxygen atoms in total. The summed E-state index contributed by atoms with van der Waals surface area (Å²) in [5.41, 5.74) is 0.746. The number of likely N-dealkylation sites (tertiary alicyclic amines) is 1. The van der Waals surface area contributed by atoms with Gasteiger partial charge in [-0.2, -0.15) is 0 Å². The summed E-state index contributed by atoms with van der Waals surface area (Å²) in [6.45, 7) is 9.05. The first-order valence-corrected chi connectivity index (χ1v) is 11.8. The number of hydrogen-bond donors (Lipinski definition) is 0. The first kappa shape index (κ1) is 24.1. The zero-order chi connectivity index (χ0) is 23.1. The van der Waals surface area contributed by atoms with Gasteiger partial charge in [0, 0.05) is 51.6 Å². The van der Waals surface area contributed by atoms with Crippen molar-refractivity contribution in [3.8, 4) is 0 Å². The van der Waals surface area contributed by atoms with E-state index in [0.717, 1.165) is 12.8 Å². The molecular weight excluding hydrogens is 406 g/mol. The van der Waals surface area contributed by atoms with E-state index in [1.807, 2.05) is 48.8 Å². The Labute approximate surface area is 191 Å². The zero-order valence-corrected chi connectivity index (χ0v) is 19.7. The number of amides is 3. The molecule has 2 saturated heterocycles. The number of piperidine rings is 1. The minimum atomic E-state index is -0.512. The Bertz CT molecular complexity index is 774. The van der Waals surface area contributed by atoms with Crippen molar-refractivity contribution in [2.24, 2.45) is 5.92 Å². The van der Waals surface area contributed by atoms with Crippen LogP contribution in [0.25, 0.3) is 0 Å². The van der Waals surface area contributed by atoms with Gasteiger partial charge in [0.1, 0.15) is 5.60 Å². The number of carbonyl (C=O) groups is 3. The Morgan fingerprint density at radius 1 is 0.875 bits per heavy atom.